The first-order chi connectivity index (χ1) is 7.29. The van der Waals surface area contributed by atoms with Gasteiger partial charge < -0.3 is 4.90 Å². The second-order valence-corrected chi connectivity index (χ2v) is 4.59. The SMILES string of the molecule is CCCCN(CCCl)c1ccncc1Br. The van der Waals surface area contributed by atoms with Gasteiger partial charge in [-0.25, -0.2) is 0 Å². The fourth-order valence-corrected chi connectivity index (χ4v) is 2.13. The van der Waals surface area contributed by atoms with Crippen LogP contribution >= 0.6 is 27.5 Å². The molecule has 0 aliphatic heterocycles. The summed E-state index contributed by atoms with van der Waals surface area (Å²) in [5, 5.41) is 0. The van der Waals surface area contributed by atoms with Crippen LogP contribution in [0.5, 0.6) is 0 Å². The molecule has 0 aliphatic rings. The van der Waals surface area contributed by atoms with Crippen molar-refractivity contribution in [2.45, 2.75) is 19.8 Å². The maximum absolute atomic E-state index is 5.80. The Kier molecular flexibility index (Phi) is 6.03. The van der Waals surface area contributed by atoms with Gasteiger partial charge in [0.05, 0.1) is 10.2 Å². The Balaban J connectivity index is 2.74. The summed E-state index contributed by atoms with van der Waals surface area (Å²) in [5.41, 5.74) is 1.18. The van der Waals surface area contributed by atoms with Crippen LogP contribution in [0.1, 0.15) is 19.8 Å². The first kappa shape index (κ1) is 12.8. The van der Waals surface area contributed by atoms with E-state index in [0.29, 0.717) is 5.88 Å². The lowest BCUT2D eigenvalue weighted by atomic mass is 10.3. The summed E-state index contributed by atoms with van der Waals surface area (Å²) >= 11 is 9.32. The number of pyridine rings is 1. The van der Waals surface area contributed by atoms with E-state index in [-0.39, 0.29) is 0 Å². The van der Waals surface area contributed by atoms with Crippen molar-refractivity contribution in [3.05, 3.63) is 22.9 Å². The van der Waals surface area contributed by atoms with Crippen molar-refractivity contribution in [2.75, 3.05) is 23.9 Å². The van der Waals surface area contributed by atoms with Crippen LogP contribution in [0.15, 0.2) is 22.9 Å². The topological polar surface area (TPSA) is 16.1 Å². The normalized spacial score (nSPS) is 10.3. The fourth-order valence-electron chi connectivity index (χ4n) is 1.43. The van der Waals surface area contributed by atoms with E-state index < -0.39 is 0 Å². The van der Waals surface area contributed by atoms with Crippen molar-refractivity contribution in [2.24, 2.45) is 0 Å². The van der Waals surface area contributed by atoms with Gasteiger partial charge in [0.1, 0.15) is 0 Å². The zero-order valence-electron chi connectivity index (χ0n) is 8.92. The van der Waals surface area contributed by atoms with Crippen molar-refractivity contribution in [3.63, 3.8) is 0 Å². The van der Waals surface area contributed by atoms with E-state index in [1.807, 2.05) is 18.5 Å². The van der Waals surface area contributed by atoms with Crippen LogP contribution in [0, 0.1) is 0 Å². The third kappa shape index (κ3) is 3.99. The third-order valence-electron chi connectivity index (χ3n) is 2.23. The molecule has 0 N–H and O–H groups in total. The number of hydrogen-bond donors (Lipinski definition) is 0. The molecule has 0 unspecified atom stereocenters. The Hall–Kier alpha value is -0.280. The number of alkyl halides is 1. The second-order valence-electron chi connectivity index (χ2n) is 3.36. The minimum absolute atomic E-state index is 0.651. The lowest BCUT2D eigenvalue weighted by molar-refractivity contribution is 0.732. The molecule has 0 aliphatic carbocycles. The van der Waals surface area contributed by atoms with Gasteiger partial charge in [-0.3, -0.25) is 4.98 Å². The van der Waals surface area contributed by atoms with Gasteiger partial charge in [0, 0.05) is 31.4 Å². The van der Waals surface area contributed by atoms with Crippen molar-refractivity contribution >= 4 is 33.2 Å². The first-order valence-corrected chi connectivity index (χ1v) is 6.52. The van der Waals surface area contributed by atoms with Gasteiger partial charge in [0.15, 0.2) is 0 Å². The number of halogens is 2. The van der Waals surface area contributed by atoms with Crippen LogP contribution in [0.2, 0.25) is 0 Å². The molecule has 0 radical (unpaired) electrons. The van der Waals surface area contributed by atoms with Gasteiger partial charge in [-0.2, -0.15) is 0 Å². The van der Waals surface area contributed by atoms with Crippen LogP contribution < -0.4 is 4.90 Å². The number of unbranched alkanes of at least 4 members (excludes halogenated alkanes) is 1. The van der Waals surface area contributed by atoms with E-state index in [4.69, 9.17) is 11.6 Å². The molecule has 0 saturated heterocycles. The molecule has 0 saturated carbocycles. The number of hydrogen-bond acceptors (Lipinski definition) is 2. The molecule has 0 aromatic carbocycles. The maximum Gasteiger partial charge on any atom is 0.0592 e. The monoisotopic (exact) mass is 290 g/mol. The molecular formula is C11H16BrClN2. The summed E-state index contributed by atoms with van der Waals surface area (Å²) < 4.78 is 1.03. The van der Waals surface area contributed by atoms with E-state index in [1.165, 1.54) is 18.5 Å². The molecule has 0 amide bonds. The molecule has 1 aromatic rings. The predicted molar refractivity (Wildman–Crippen MR) is 69.8 cm³/mol. The molecule has 1 rings (SSSR count). The Morgan fingerprint density at radius 2 is 2.27 bits per heavy atom. The zero-order chi connectivity index (χ0) is 11.1. The van der Waals surface area contributed by atoms with E-state index in [1.54, 1.807) is 0 Å². The highest BCUT2D eigenvalue weighted by Gasteiger charge is 2.08. The van der Waals surface area contributed by atoms with Gasteiger partial charge in [-0.05, 0) is 28.4 Å². The summed E-state index contributed by atoms with van der Waals surface area (Å²) in [6.07, 6.45) is 6.02. The highest BCUT2D eigenvalue weighted by molar-refractivity contribution is 9.10. The minimum Gasteiger partial charge on any atom is -0.369 e. The van der Waals surface area contributed by atoms with Crippen molar-refractivity contribution in [3.8, 4) is 0 Å². The summed E-state index contributed by atoms with van der Waals surface area (Å²) in [6.45, 7) is 4.12. The second kappa shape index (κ2) is 7.07. The Labute approximate surface area is 105 Å². The van der Waals surface area contributed by atoms with Crippen LogP contribution in [0.4, 0.5) is 5.69 Å². The molecule has 0 spiro atoms. The average molecular weight is 292 g/mol. The summed E-state index contributed by atoms with van der Waals surface area (Å²) in [7, 11) is 0. The Morgan fingerprint density at radius 3 is 2.87 bits per heavy atom. The van der Waals surface area contributed by atoms with Gasteiger partial charge in [0.25, 0.3) is 0 Å². The average Bonchev–Trinajstić information content (AvgIpc) is 2.25. The van der Waals surface area contributed by atoms with E-state index in [0.717, 1.165) is 17.6 Å². The summed E-state index contributed by atoms with van der Waals surface area (Å²) in [5.74, 6) is 0.651. The van der Waals surface area contributed by atoms with Gasteiger partial charge in [-0.15, -0.1) is 11.6 Å². The highest BCUT2D eigenvalue weighted by Crippen LogP contribution is 2.24. The smallest absolute Gasteiger partial charge is 0.0592 e. The fraction of sp³-hybridized carbons (Fsp3) is 0.545. The molecule has 4 heteroatoms. The van der Waals surface area contributed by atoms with E-state index >= 15 is 0 Å². The number of nitrogens with zero attached hydrogens (tertiary/aromatic N) is 2. The van der Waals surface area contributed by atoms with Gasteiger partial charge >= 0.3 is 0 Å². The largest absolute Gasteiger partial charge is 0.369 e. The van der Waals surface area contributed by atoms with E-state index in [9.17, 15) is 0 Å². The molecule has 84 valence electrons. The lowest BCUT2D eigenvalue weighted by Crippen LogP contribution is -2.26. The Morgan fingerprint density at radius 1 is 1.47 bits per heavy atom. The summed E-state index contributed by atoms with van der Waals surface area (Å²) in [4.78, 5) is 6.36. The predicted octanol–water partition coefficient (Wildman–Crippen LogP) is 3.69. The number of rotatable bonds is 6. The van der Waals surface area contributed by atoms with Gasteiger partial charge in [-0.1, -0.05) is 13.3 Å². The molecule has 2 nitrogen and oxygen atoms in total. The van der Waals surface area contributed by atoms with Crippen LogP contribution in [-0.2, 0) is 0 Å². The highest BCUT2D eigenvalue weighted by atomic mass is 79.9. The van der Waals surface area contributed by atoms with E-state index in [2.05, 4.69) is 32.7 Å². The van der Waals surface area contributed by atoms with Crippen molar-refractivity contribution < 1.29 is 0 Å². The molecule has 0 fully saturated rings. The van der Waals surface area contributed by atoms with Crippen LogP contribution in [-0.4, -0.2) is 24.0 Å². The molecule has 1 aromatic heterocycles. The Bertz CT molecular complexity index is 294. The molecular weight excluding hydrogens is 275 g/mol. The van der Waals surface area contributed by atoms with Crippen molar-refractivity contribution in [1.29, 1.82) is 0 Å². The molecule has 15 heavy (non-hydrogen) atoms. The van der Waals surface area contributed by atoms with Crippen LogP contribution in [0.25, 0.3) is 0 Å². The summed E-state index contributed by atoms with van der Waals surface area (Å²) in [6, 6.07) is 2.02. The molecule has 1 heterocycles. The number of anilines is 1. The quantitative estimate of drug-likeness (QED) is 0.743. The first-order valence-electron chi connectivity index (χ1n) is 5.20. The lowest BCUT2D eigenvalue weighted by Gasteiger charge is -2.24. The standard InChI is InChI=1S/C11H16BrClN2/c1-2-3-7-15(8-5-13)11-4-6-14-9-10(11)12/h4,6,9H,2-3,5,7-8H2,1H3. The molecule has 0 bridgehead atoms. The number of aromatic nitrogens is 1. The minimum atomic E-state index is 0.651. The van der Waals surface area contributed by atoms with Gasteiger partial charge in [0.2, 0.25) is 0 Å². The molecule has 0 atom stereocenters. The zero-order valence-corrected chi connectivity index (χ0v) is 11.3. The maximum atomic E-state index is 5.80. The van der Waals surface area contributed by atoms with Crippen LogP contribution in [0.3, 0.4) is 0 Å². The third-order valence-corrected chi connectivity index (χ3v) is 3.01. The van der Waals surface area contributed by atoms with Crippen molar-refractivity contribution in [1.82, 2.24) is 4.98 Å².